The Hall–Kier alpha value is -0.130. The van der Waals surface area contributed by atoms with E-state index in [9.17, 15) is 0 Å². The molecule has 2 N–H and O–H groups in total. The highest BCUT2D eigenvalue weighted by Gasteiger charge is 2.36. The molecule has 3 atom stereocenters. The molecule has 3 rings (SSSR count). The first-order valence-electron chi connectivity index (χ1n) is 7.71. The fraction of sp³-hybridized carbons (Fsp3) is 0.625. The maximum absolute atomic E-state index is 6.12. The summed E-state index contributed by atoms with van der Waals surface area (Å²) in [5.41, 5.74) is 7.37. The summed E-state index contributed by atoms with van der Waals surface area (Å²) in [6, 6.07) is 7.74. The monoisotopic (exact) mass is 371 g/mol. The van der Waals surface area contributed by atoms with Gasteiger partial charge in [-0.05, 0) is 44.0 Å². The summed E-state index contributed by atoms with van der Waals surface area (Å²) in [4.78, 5) is 5.14. The minimum atomic E-state index is 0.268. The van der Waals surface area contributed by atoms with Crippen LogP contribution >= 0.6 is 27.5 Å². The Morgan fingerprint density at radius 3 is 2.81 bits per heavy atom. The van der Waals surface area contributed by atoms with E-state index >= 15 is 0 Å². The number of hydrogen-bond donors (Lipinski definition) is 1. The predicted molar refractivity (Wildman–Crippen MR) is 91.7 cm³/mol. The van der Waals surface area contributed by atoms with Crippen molar-refractivity contribution in [2.24, 2.45) is 5.73 Å². The molecule has 1 aromatic carbocycles. The lowest BCUT2D eigenvalue weighted by Gasteiger charge is -2.33. The Kier molecular flexibility index (Phi) is 4.91. The fourth-order valence-corrected chi connectivity index (χ4v) is 4.81. The lowest BCUT2D eigenvalue weighted by molar-refractivity contribution is 0.174. The van der Waals surface area contributed by atoms with E-state index in [2.05, 4.69) is 38.8 Å². The van der Waals surface area contributed by atoms with Gasteiger partial charge in [0.2, 0.25) is 0 Å². The lowest BCUT2D eigenvalue weighted by atomic mass is 10.0. The first-order valence-corrected chi connectivity index (χ1v) is 8.88. The van der Waals surface area contributed by atoms with Crippen LogP contribution in [-0.4, -0.2) is 48.6 Å². The maximum Gasteiger partial charge on any atom is 0.0482 e. The quantitative estimate of drug-likeness (QED) is 0.884. The summed E-state index contributed by atoms with van der Waals surface area (Å²) >= 11 is 9.72. The molecule has 0 aliphatic carbocycles. The number of halogens is 2. The van der Waals surface area contributed by atoms with Crippen LogP contribution in [0.3, 0.4) is 0 Å². The lowest BCUT2D eigenvalue weighted by Crippen LogP contribution is -2.40. The molecular weight excluding hydrogens is 350 g/mol. The van der Waals surface area contributed by atoms with E-state index in [-0.39, 0.29) is 6.04 Å². The number of nitrogens with two attached hydrogens (primary N) is 1. The van der Waals surface area contributed by atoms with E-state index in [4.69, 9.17) is 17.3 Å². The Morgan fingerprint density at radius 1 is 1.33 bits per heavy atom. The molecule has 2 aliphatic rings. The van der Waals surface area contributed by atoms with Gasteiger partial charge in [0.25, 0.3) is 0 Å². The maximum atomic E-state index is 6.12. The standard InChI is InChI=1S/C16H23BrClN3/c1-20-12-3-4-13(20)10-21(7-6-12)16(9-19)14-5-2-11(18)8-15(14)17/h2,5,8,12-13,16H,3-4,6-7,9-10,19H2,1H3. The molecule has 2 bridgehead atoms. The minimum Gasteiger partial charge on any atom is -0.329 e. The van der Waals surface area contributed by atoms with E-state index in [0.29, 0.717) is 12.6 Å². The number of likely N-dealkylation sites (tertiary alicyclic amines) is 1. The van der Waals surface area contributed by atoms with Crippen molar-refractivity contribution in [3.63, 3.8) is 0 Å². The van der Waals surface area contributed by atoms with E-state index in [1.807, 2.05) is 12.1 Å². The van der Waals surface area contributed by atoms with Gasteiger partial charge < -0.3 is 5.73 Å². The van der Waals surface area contributed by atoms with Gasteiger partial charge >= 0.3 is 0 Å². The molecule has 3 unspecified atom stereocenters. The van der Waals surface area contributed by atoms with Crippen LogP contribution in [0, 0.1) is 0 Å². The van der Waals surface area contributed by atoms with Crippen molar-refractivity contribution < 1.29 is 0 Å². The van der Waals surface area contributed by atoms with Crippen molar-refractivity contribution in [2.75, 3.05) is 26.7 Å². The molecule has 21 heavy (non-hydrogen) atoms. The second-order valence-electron chi connectivity index (χ2n) is 6.25. The van der Waals surface area contributed by atoms with E-state index in [1.165, 1.54) is 24.8 Å². The molecule has 0 saturated carbocycles. The van der Waals surface area contributed by atoms with Gasteiger partial charge in [0.1, 0.15) is 0 Å². The van der Waals surface area contributed by atoms with Crippen molar-refractivity contribution in [2.45, 2.75) is 37.4 Å². The Morgan fingerprint density at radius 2 is 2.10 bits per heavy atom. The Labute approximate surface area is 140 Å². The average Bonchev–Trinajstić information content (AvgIpc) is 2.68. The third-order valence-electron chi connectivity index (χ3n) is 5.17. The predicted octanol–water partition coefficient (Wildman–Crippen LogP) is 3.27. The number of nitrogens with zero attached hydrogens (tertiary/aromatic N) is 2. The van der Waals surface area contributed by atoms with Crippen molar-refractivity contribution >= 4 is 27.5 Å². The number of rotatable bonds is 3. The second kappa shape index (κ2) is 6.55. The molecule has 2 heterocycles. The highest BCUT2D eigenvalue weighted by molar-refractivity contribution is 9.10. The zero-order valence-electron chi connectivity index (χ0n) is 12.4. The smallest absolute Gasteiger partial charge is 0.0482 e. The zero-order chi connectivity index (χ0) is 15.0. The van der Waals surface area contributed by atoms with Crippen LogP contribution in [0.2, 0.25) is 5.02 Å². The average molecular weight is 373 g/mol. The molecule has 116 valence electrons. The molecule has 5 heteroatoms. The van der Waals surface area contributed by atoms with E-state index < -0.39 is 0 Å². The van der Waals surface area contributed by atoms with Crippen LogP contribution in [0.4, 0.5) is 0 Å². The van der Waals surface area contributed by atoms with Crippen LogP contribution < -0.4 is 5.73 Å². The van der Waals surface area contributed by atoms with E-state index in [1.54, 1.807) is 0 Å². The zero-order valence-corrected chi connectivity index (χ0v) is 14.8. The van der Waals surface area contributed by atoms with Crippen molar-refractivity contribution in [1.29, 1.82) is 0 Å². The molecular formula is C16H23BrClN3. The molecule has 0 amide bonds. The van der Waals surface area contributed by atoms with E-state index in [0.717, 1.165) is 28.6 Å². The first kappa shape index (κ1) is 15.8. The van der Waals surface area contributed by atoms with Gasteiger partial charge in [-0.15, -0.1) is 0 Å². The van der Waals surface area contributed by atoms with Crippen LogP contribution in [0.15, 0.2) is 22.7 Å². The molecule has 3 nitrogen and oxygen atoms in total. The number of fused-ring (bicyclic) bond motifs is 2. The summed E-state index contributed by atoms with van der Waals surface area (Å²) in [6.45, 7) is 2.88. The normalized spacial score (nSPS) is 28.6. The fourth-order valence-electron chi connectivity index (χ4n) is 3.86. The SMILES string of the molecule is CN1C2CCC1CN(C(CN)c1ccc(Cl)cc1Br)CC2. The largest absolute Gasteiger partial charge is 0.329 e. The van der Waals surface area contributed by atoms with Gasteiger partial charge in [0.05, 0.1) is 0 Å². The summed E-state index contributed by atoms with van der Waals surface area (Å²) in [5.74, 6) is 0. The molecule has 0 aromatic heterocycles. The van der Waals surface area contributed by atoms with Crippen LogP contribution in [-0.2, 0) is 0 Å². The third-order valence-corrected chi connectivity index (χ3v) is 6.09. The highest BCUT2D eigenvalue weighted by Crippen LogP contribution is 2.34. The summed E-state index contributed by atoms with van der Waals surface area (Å²) in [5, 5.41) is 0.760. The Balaban J connectivity index is 1.83. The number of hydrogen-bond acceptors (Lipinski definition) is 3. The summed E-state index contributed by atoms with van der Waals surface area (Å²) in [6.07, 6.45) is 3.92. The van der Waals surface area contributed by atoms with Crippen LogP contribution in [0.5, 0.6) is 0 Å². The number of likely N-dealkylation sites (N-methyl/N-ethyl adjacent to an activating group) is 1. The molecule has 0 spiro atoms. The molecule has 2 saturated heterocycles. The third kappa shape index (κ3) is 3.15. The van der Waals surface area contributed by atoms with Crippen LogP contribution in [0.1, 0.15) is 30.9 Å². The molecule has 2 aliphatic heterocycles. The molecule has 1 aromatic rings. The molecule has 0 radical (unpaired) electrons. The van der Waals surface area contributed by atoms with Gasteiger partial charge in [-0.3, -0.25) is 9.80 Å². The first-order chi connectivity index (χ1) is 10.1. The van der Waals surface area contributed by atoms with Gasteiger partial charge in [0, 0.05) is 47.3 Å². The van der Waals surface area contributed by atoms with Crippen molar-refractivity contribution in [3.8, 4) is 0 Å². The van der Waals surface area contributed by atoms with Crippen molar-refractivity contribution in [3.05, 3.63) is 33.3 Å². The van der Waals surface area contributed by atoms with Gasteiger partial charge in [-0.25, -0.2) is 0 Å². The van der Waals surface area contributed by atoms with Gasteiger partial charge in [-0.2, -0.15) is 0 Å². The highest BCUT2D eigenvalue weighted by atomic mass is 79.9. The summed E-state index contributed by atoms with van der Waals surface area (Å²) < 4.78 is 1.06. The minimum absolute atomic E-state index is 0.268. The van der Waals surface area contributed by atoms with Gasteiger partial charge in [-0.1, -0.05) is 33.6 Å². The summed E-state index contributed by atoms with van der Waals surface area (Å²) in [7, 11) is 2.28. The second-order valence-corrected chi connectivity index (χ2v) is 7.54. The Bertz CT molecular complexity index is 510. The van der Waals surface area contributed by atoms with Gasteiger partial charge in [0.15, 0.2) is 0 Å². The molecule has 2 fully saturated rings. The number of benzene rings is 1. The topological polar surface area (TPSA) is 32.5 Å². The van der Waals surface area contributed by atoms with Crippen LogP contribution in [0.25, 0.3) is 0 Å². The van der Waals surface area contributed by atoms with Crippen molar-refractivity contribution in [1.82, 2.24) is 9.80 Å².